The van der Waals surface area contributed by atoms with Crippen molar-refractivity contribution in [2.24, 2.45) is 0 Å². The number of carbonyl (C=O) groups excluding carboxylic acids is 5. The molecule has 2 aliphatic carbocycles. The number of esters is 3. The summed E-state index contributed by atoms with van der Waals surface area (Å²) in [6, 6.07) is 10.4. The lowest BCUT2D eigenvalue weighted by Crippen LogP contribution is -2.64. The number of nitrogens with zero attached hydrogens (tertiary/aromatic N) is 1. The summed E-state index contributed by atoms with van der Waals surface area (Å²) in [5.74, 6) is -2.26. The molecule has 2 amide bonds. The largest absolute Gasteiger partial charge is 0.455 e. The van der Waals surface area contributed by atoms with Crippen LogP contribution in [-0.2, 0) is 54.1 Å². The molecule has 0 aromatic carbocycles. The number of imide groups is 1. The number of methoxy groups -OCH3 is 1. The van der Waals surface area contributed by atoms with E-state index in [1.54, 1.807) is 0 Å². The predicted octanol–water partition coefficient (Wildman–Crippen LogP) is 6.82. The number of rotatable bonds is 18. The van der Waals surface area contributed by atoms with Crippen molar-refractivity contribution in [2.45, 2.75) is 149 Å². The fourth-order valence-corrected chi connectivity index (χ4v) is 6.26. The first-order valence-electron chi connectivity index (χ1n) is 18.5. The highest BCUT2D eigenvalue weighted by Gasteiger charge is 2.53. The Balaban J connectivity index is 1.97. The molecule has 0 aromatic heterocycles. The number of carbonyl (C=O) groups is 5. The standard InChI is InChI=1S/C40H57NO10/c1-9-13-32(42)41(33(43)14-10-2)24-31-37(49-34(44)15-11-3)38(50-35(45)16-12-4)39(40(47-8)48-31)51-36(46)22-20-27-18-19-28(25(5)6)23-30-26(7)17-21-29(27)30/h17-19,21,23,25,31,37-40H,9-16,20,22,24H2,1-8H3/t31-,37-,38+,39+,40+/m1/s1. The number of ether oxygens (including phenoxy) is 5. The number of hydrogen-bond acceptors (Lipinski definition) is 10. The van der Waals surface area contributed by atoms with Gasteiger partial charge in [0.2, 0.25) is 11.8 Å². The molecule has 1 aliphatic heterocycles. The minimum atomic E-state index is -1.34. The first-order chi connectivity index (χ1) is 24.4. The zero-order chi connectivity index (χ0) is 37.7. The maximum Gasteiger partial charge on any atom is 0.306 e. The van der Waals surface area contributed by atoms with E-state index in [1.807, 2.05) is 33.8 Å². The molecule has 0 radical (unpaired) electrons. The van der Waals surface area contributed by atoms with Gasteiger partial charge in [-0.15, -0.1) is 0 Å². The molecule has 0 unspecified atom stereocenters. The topological polar surface area (TPSA) is 135 Å². The van der Waals surface area contributed by atoms with Crippen LogP contribution in [0, 0.1) is 6.92 Å². The molecule has 0 bridgehead atoms. The highest BCUT2D eigenvalue weighted by atomic mass is 16.7. The summed E-state index contributed by atoms with van der Waals surface area (Å²) in [5.41, 5.74) is 5.50. The van der Waals surface area contributed by atoms with E-state index < -0.39 is 60.4 Å². The van der Waals surface area contributed by atoms with Gasteiger partial charge in [0, 0.05) is 39.2 Å². The summed E-state index contributed by atoms with van der Waals surface area (Å²) < 4.78 is 29.7. The lowest BCUT2D eigenvalue weighted by atomic mass is 9.96. The Morgan fingerprint density at radius 2 is 1.25 bits per heavy atom. The monoisotopic (exact) mass is 711 g/mol. The van der Waals surface area contributed by atoms with E-state index in [-0.39, 0.29) is 38.6 Å². The minimum absolute atomic E-state index is 0.00253. The van der Waals surface area contributed by atoms with Crippen molar-refractivity contribution >= 4 is 29.7 Å². The quantitative estimate of drug-likeness (QED) is 0.120. The summed E-state index contributed by atoms with van der Waals surface area (Å²) in [7, 11) is 1.35. The van der Waals surface area contributed by atoms with Crippen molar-refractivity contribution in [3.05, 3.63) is 47.0 Å². The SMILES string of the molecule is CCCC(=O)O[C@@H]1[C@H](OC(=O)CCc2ccc(C(C)C)cc3c(C)ccc2-3)[C@@H](OC)O[C@H](CN(C(=O)CCC)C(=O)CCC)[C@H]1OC(=O)CCC. The summed E-state index contributed by atoms with van der Waals surface area (Å²) in [4.78, 5) is 67.1. The van der Waals surface area contributed by atoms with Crippen LogP contribution in [0.5, 0.6) is 0 Å². The minimum Gasteiger partial charge on any atom is -0.455 e. The van der Waals surface area contributed by atoms with Crippen LogP contribution in [0.15, 0.2) is 30.3 Å². The molecule has 1 saturated heterocycles. The maximum absolute atomic E-state index is 13.6. The Labute approximate surface area is 303 Å². The fraction of sp³-hybridized carbons (Fsp3) is 0.625. The molecule has 11 heteroatoms. The van der Waals surface area contributed by atoms with Crippen molar-refractivity contribution < 1.29 is 47.7 Å². The third-order valence-corrected chi connectivity index (χ3v) is 9.04. The van der Waals surface area contributed by atoms with E-state index >= 15 is 0 Å². The Hall–Kier alpha value is -3.83. The van der Waals surface area contributed by atoms with Gasteiger partial charge < -0.3 is 23.7 Å². The first-order valence-corrected chi connectivity index (χ1v) is 18.5. The fourth-order valence-electron chi connectivity index (χ4n) is 6.26. The average Bonchev–Trinajstić information content (AvgIpc) is 3.32. The summed E-state index contributed by atoms with van der Waals surface area (Å²) in [5, 5.41) is 0. The summed E-state index contributed by atoms with van der Waals surface area (Å²) in [6.07, 6.45) is -3.62. The van der Waals surface area contributed by atoms with Crippen LogP contribution in [0.25, 0.3) is 11.1 Å². The van der Waals surface area contributed by atoms with E-state index in [4.69, 9.17) is 23.7 Å². The van der Waals surface area contributed by atoms with Crippen molar-refractivity contribution in [3.63, 3.8) is 0 Å². The lowest BCUT2D eigenvalue weighted by Gasteiger charge is -2.45. The number of amides is 2. The van der Waals surface area contributed by atoms with Crippen LogP contribution in [0.3, 0.4) is 0 Å². The van der Waals surface area contributed by atoms with E-state index in [0.717, 1.165) is 27.2 Å². The molecular weight excluding hydrogens is 654 g/mol. The van der Waals surface area contributed by atoms with Crippen LogP contribution in [-0.4, -0.2) is 79.0 Å². The molecule has 3 aliphatic rings. The smallest absolute Gasteiger partial charge is 0.306 e. The highest BCUT2D eigenvalue weighted by Crippen LogP contribution is 2.34. The van der Waals surface area contributed by atoms with Crippen LogP contribution in [0.1, 0.15) is 122 Å². The zero-order valence-corrected chi connectivity index (χ0v) is 31.7. The van der Waals surface area contributed by atoms with Gasteiger partial charge in [-0.2, -0.15) is 0 Å². The van der Waals surface area contributed by atoms with E-state index in [0.29, 0.717) is 38.0 Å². The third kappa shape index (κ3) is 11.3. The Kier molecular flexibility index (Phi) is 16.5. The number of aryl methyl sites for hydroxylation is 2. The number of fused-ring (bicyclic) bond motifs is 1. The van der Waals surface area contributed by atoms with Crippen LogP contribution in [0.2, 0.25) is 0 Å². The van der Waals surface area contributed by atoms with Crippen LogP contribution < -0.4 is 0 Å². The van der Waals surface area contributed by atoms with Crippen molar-refractivity contribution in [1.82, 2.24) is 4.90 Å². The molecule has 11 nitrogen and oxygen atoms in total. The lowest BCUT2D eigenvalue weighted by molar-refractivity contribution is -0.299. The van der Waals surface area contributed by atoms with Crippen LogP contribution in [0.4, 0.5) is 0 Å². The average molecular weight is 712 g/mol. The molecule has 0 N–H and O–H groups in total. The highest BCUT2D eigenvalue weighted by molar-refractivity contribution is 5.95. The Morgan fingerprint density at radius 1 is 0.706 bits per heavy atom. The molecule has 1 heterocycles. The van der Waals surface area contributed by atoms with Crippen molar-refractivity contribution in [2.75, 3.05) is 13.7 Å². The second-order valence-electron chi connectivity index (χ2n) is 13.5. The van der Waals surface area contributed by atoms with E-state index in [2.05, 4.69) is 45.0 Å². The van der Waals surface area contributed by atoms with Gasteiger partial charge in [-0.1, -0.05) is 71.9 Å². The van der Waals surface area contributed by atoms with Crippen molar-refractivity contribution in [3.8, 4) is 11.1 Å². The molecule has 1 fully saturated rings. The van der Waals surface area contributed by atoms with Gasteiger partial charge in [-0.05, 0) is 72.8 Å². The summed E-state index contributed by atoms with van der Waals surface area (Å²) in [6.45, 7) is 13.4. The maximum atomic E-state index is 13.6. The normalized spacial score (nSPS) is 20.2. The molecule has 5 atom stereocenters. The molecule has 282 valence electrons. The second kappa shape index (κ2) is 20.3. The van der Waals surface area contributed by atoms with E-state index in [9.17, 15) is 24.0 Å². The van der Waals surface area contributed by atoms with Crippen LogP contribution >= 0.6 is 0 Å². The molecule has 3 rings (SSSR count). The van der Waals surface area contributed by atoms with E-state index in [1.165, 1.54) is 12.7 Å². The van der Waals surface area contributed by atoms with Gasteiger partial charge in [-0.25, -0.2) is 0 Å². The Bertz CT molecular complexity index is 1440. The zero-order valence-electron chi connectivity index (χ0n) is 31.7. The van der Waals surface area contributed by atoms with Gasteiger partial charge in [-0.3, -0.25) is 28.9 Å². The third-order valence-electron chi connectivity index (χ3n) is 9.04. The predicted molar refractivity (Wildman–Crippen MR) is 192 cm³/mol. The molecule has 0 spiro atoms. The number of hydrogen-bond donors (Lipinski definition) is 0. The molecule has 51 heavy (non-hydrogen) atoms. The van der Waals surface area contributed by atoms with Gasteiger partial charge in [0.05, 0.1) is 6.54 Å². The van der Waals surface area contributed by atoms with Gasteiger partial charge >= 0.3 is 17.9 Å². The summed E-state index contributed by atoms with van der Waals surface area (Å²) >= 11 is 0. The molecular formula is C40H57NO10. The van der Waals surface area contributed by atoms with Crippen molar-refractivity contribution in [1.29, 1.82) is 0 Å². The molecule has 0 saturated carbocycles. The van der Waals surface area contributed by atoms with Gasteiger partial charge in [0.15, 0.2) is 24.6 Å². The first kappa shape index (κ1) is 41.6. The second-order valence-corrected chi connectivity index (χ2v) is 13.5. The van der Waals surface area contributed by atoms with Gasteiger partial charge in [0.25, 0.3) is 0 Å². The van der Waals surface area contributed by atoms with Gasteiger partial charge in [0.1, 0.15) is 6.10 Å². The molecule has 0 aromatic rings. The Morgan fingerprint density at radius 3 is 1.80 bits per heavy atom.